The lowest BCUT2D eigenvalue weighted by molar-refractivity contribution is -0.123. The molecule has 2 aliphatic heterocycles. The molecule has 6 heteroatoms. The normalized spacial score (nSPS) is 24.4. The molecule has 1 aromatic rings. The summed E-state index contributed by atoms with van der Waals surface area (Å²) in [6.45, 7) is 2.46. The van der Waals surface area contributed by atoms with Crippen molar-refractivity contribution in [1.82, 2.24) is 4.90 Å². The highest BCUT2D eigenvalue weighted by Crippen LogP contribution is 2.26. The molecule has 0 aliphatic carbocycles. The molecular weight excluding hydrogens is 263 g/mol. The van der Waals surface area contributed by atoms with Crippen molar-refractivity contribution >= 4 is 17.5 Å². The molecule has 0 spiro atoms. The van der Waals surface area contributed by atoms with Crippen molar-refractivity contribution in [2.45, 2.75) is 12.5 Å². The second kappa shape index (κ2) is 5.30. The molecule has 0 aromatic heterocycles. The van der Waals surface area contributed by atoms with Gasteiger partial charge in [0.2, 0.25) is 5.91 Å². The van der Waals surface area contributed by atoms with Gasteiger partial charge >= 0.3 is 0 Å². The number of benzene rings is 1. The molecule has 3 rings (SSSR count). The number of hydrogen-bond acceptors (Lipinski definition) is 4. The lowest BCUT2D eigenvalue weighted by Gasteiger charge is -2.30. The predicted octanol–water partition coefficient (Wildman–Crippen LogP) is 0.790. The van der Waals surface area contributed by atoms with Crippen LogP contribution in [0.15, 0.2) is 24.3 Å². The molecular formula is C14H15FN2O3. The number of carbonyl (C=O) groups excluding carboxylic acids is 2. The van der Waals surface area contributed by atoms with Crippen LogP contribution in [0.5, 0.6) is 0 Å². The van der Waals surface area contributed by atoms with E-state index in [0.29, 0.717) is 32.0 Å². The van der Waals surface area contributed by atoms with Gasteiger partial charge in [0, 0.05) is 13.1 Å². The van der Waals surface area contributed by atoms with Crippen LogP contribution in [-0.4, -0.2) is 49.1 Å². The quantitative estimate of drug-likeness (QED) is 0.751. The summed E-state index contributed by atoms with van der Waals surface area (Å²) < 4.78 is 18.2. The fourth-order valence-corrected chi connectivity index (χ4v) is 2.65. The third-order valence-corrected chi connectivity index (χ3v) is 3.69. The van der Waals surface area contributed by atoms with Gasteiger partial charge in [-0.3, -0.25) is 14.5 Å². The van der Waals surface area contributed by atoms with E-state index in [1.807, 2.05) is 4.90 Å². The number of rotatable bonds is 2. The zero-order chi connectivity index (χ0) is 14.1. The molecule has 20 heavy (non-hydrogen) atoms. The summed E-state index contributed by atoms with van der Waals surface area (Å²) in [7, 11) is 0. The Morgan fingerprint density at radius 2 is 1.75 bits per heavy atom. The number of amides is 2. The van der Waals surface area contributed by atoms with E-state index in [-0.39, 0.29) is 18.2 Å². The SMILES string of the molecule is O=C1C[C@H](N2CCOCC2)C(=O)N1c1ccc(F)cc1. The molecule has 1 aromatic carbocycles. The van der Waals surface area contributed by atoms with E-state index in [2.05, 4.69) is 0 Å². The minimum absolute atomic E-state index is 0.177. The van der Waals surface area contributed by atoms with Crippen molar-refractivity contribution in [3.63, 3.8) is 0 Å². The Bertz CT molecular complexity index is 526. The Balaban J connectivity index is 1.81. The van der Waals surface area contributed by atoms with Crippen LogP contribution in [-0.2, 0) is 14.3 Å². The largest absolute Gasteiger partial charge is 0.379 e. The summed E-state index contributed by atoms with van der Waals surface area (Å²) in [5, 5.41) is 0. The maximum atomic E-state index is 12.9. The first kappa shape index (κ1) is 13.2. The summed E-state index contributed by atoms with van der Waals surface area (Å²) in [5.41, 5.74) is 0.428. The number of halogens is 1. The third-order valence-electron chi connectivity index (χ3n) is 3.69. The Kier molecular flexibility index (Phi) is 3.50. The van der Waals surface area contributed by atoms with Crippen molar-refractivity contribution < 1.29 is 18.7 Å². The molecule has 1 atom stereocenters. The zero-order valence-electron chi connectivity index (χ0n) is 10.9. The highest BCUT2D eigenvalue weighted by atomic mass is 19.1. The number of anilines is 1. The monoisotopic (exact) mass is 278 g/mol. The first-order chi connectivity index (χ1) is 9.66. The second-order valence-electron chi connectivity index (χ2n) is 4.91. The summed E-state index contributed by atoms with van der Waals surface area (Å²) in [6, 6.07) is 4.98. The predicted molar refractivity (Wildman–Crippen MR) is 69.7 cm³/mol. The van der Waals surface area contributed by atoms with Gasteiger partial charge in [-0.25, -0.2) is 9.29 Å². The molecule has 0 radical (unpaired) electrons. The molecule has 2 amide bonds. The van der Waals surface area contributed by atoms with Gasteiger partial charge in [-0.2, -0.15) is 0 Å². The Labute approximate surface area is 115 Å². The molecule has 0 unspecified atom stereocenters. The highest BCUT2D eigenvalue weighted by Gasteiger charge is 2.42. The maximum absolute atomic E-state index is 12.9. The van der Waals surface area contributed by atoms with E-state index in [9.17, 15) is 14.0 Å². The van der Waals surface area contributed by atoms with Crippen LogP contribution in [0.2, 0.25) is 0 Å². The summed E-state index contributed by atoms with van der Waals surface area (Å²) in [5.74, 6) is -0.862. The van der Waals surface area contributed by atoms with E-state index in [4.69, 9.17) is 4.74 Å². The average Bonchev–Trinajstić information content (AvgIpc) is 2.76. The number of imide groups is 1. The van der Waals surface area contributed by atoms with Gasteiger partial charge in [-0.05, 0) is 24.3 Å². The van der Waals surface area contributed by atoms with Gasteiger partial charge in [0.15, 0.2) is 0 Å². The molecule has 2 heterocycles. The van der Waals surface area contributed by atoms with E-state index in [1.54, 1.807) is 0 Å². The van der Waals surface area contributed by atoms with E-state index in [0.717, 1.165) is 4.90 Å². The highest BCUT2D eigenvalue weighted by molar-refractivity contribution is 6.22. The summed E-state index contributed by atoms with van der Waals surface area (Å²) in [6.07, 6.45) is 0.177. The van der Waals surface area contributed by atoms with Gasteiger partial charge in [-0.1, -0.05) is 0 Å². The Hall–Kier alpha value is -1.79. The number of morpholine rings is 1. The molecule has 2 fully saturated rings. The maximum Gasteiger partial charge on any atom is 0.251 e. The van der Waals surface area contributed by atoms with Gasteiger partial charge in [0.25, 0.3) is 5.91 Å². The minimum Gasteiger partial charge on any atom is -0.379 e. The number of carbonyl (C=O) groups is 2. The van der Waals surface area contributed by atoms with Crippen LogP contribution in [0.3, 0.4) is 0 Å². The van der Waals surface area contributed by atoms with Gasteiger partial charge in [0.1, 0.15) is 5.82 Å². The molecule has 0 N–H and O–H groups in total. The van der Waals surface area contributed by atoms with Crippen LogP contribution in [0, 0.1) is 5.82 Å². The zero-order valence-corrected chi connectivity index (χ0v) is 10.9. The molecule has 106 valence electrons. The minimum atomic E-state index is -0.420. The van der Waals surface area contributed by atoms with Crippen LogP contribution >= 0.6 is 0 Å². The smallest absolute Gasteiger partial charge is 0.251 e. The Morgan fingerprint density at radius 3 is 2.40 bits per heavy atom. The van der Waals surface area contributed by atoms with Gasteiger partial charge in [0.05, 0.1) is 31.4 Å². The molecule has 2 aliphatic rings. The molecule has 0 bridgehead atoms. The van der Waals surface area contributed by atoms with Crippen molar-refractivity contribution in [1.29, 1.82) is 0 Å². The van der Waals surface area contributed by atoms with Crippen LogP contribution in [0.1, 0.15) is 6.42 Å². The lowest BCUT2D eigenvalue weighted by Crippen LogP contribution is -2.47. The first-order valence-corrected chi connectivity index (χ1v) is 6.61. The third kappa shape index (κ3) is 2.32. The topological polar surface area (TPSA) is 49.9 Å². The van der Waals surface area contributed by atoms with E-state index >= 15 is 0 Å². The number of ether oxygens (including phenoxy) is 1. The molecule has 0 saturated carbocycles. The van der Waals surface area contributed by atoms with Crippen molar-refractivity contribution in [3.8, 4) is 0 Å². The van der Waals surface area contributed by atoms with Crippen molar-refractivity contribution in [2.24, 2.45) is 0 Å². The number of hydrogen-bond donors (Lipinski definition) is 0. The molecule has 5 nitrogen and oxygen atoms in total. The van der Waals surface area contributed by atoms with E-state index in [1.165, 1.54) is 24.3 Å². The standard InChI is InChI=1S/C14H15FN2O3/c15-10-1-3-11(4-2-10)17-13(18)9-12(14(17)19)16-5-7-20-8-6-16/h1-4,12H,5-9H2/t12-/m0/s1. The fraction of sp³-hybridized carbons (Fsp3) is 0.429. The van der Waals surface area contributed by atoms with Crippen LogP contribution in [0.25, 0.3) is 0 Å². The summed E-state index contributed by atoms with van der Waals surface area (Å²) in [4.78, 5) is 27.6. The van der Waals surface area contributed by atoms with Crippen LogP contribution < -0.4 is 4.90 Å². The van der Waals surface area contributed by atoms with Gasteiger partial charge < -0.3 is 4.74 Å². The van der Waals surface area contributed by atoms with Crippen LogP contribution in [0.4, 0.5) is 10.1 Å². The Morgan fingerprint density at radius 1 is 1.10 bits per heavy atom. The number of nitrogens with zero attached hydrogens (tertiary/aromatic N) is 2. The molecule has 2 saturated heterocycles. The first-order valence-electron chi connectivity index (χ1n) is 6.61. The fourth-order valence-electron chi connectivity index (χ4n) is 2.65. The van der Waals surface area contributed by atoms with Crippen molar-refractivity contribution in [2.75, 3.05) is 31.2 Å². The average molecular weight is 278 g/mol. The lowest BCUT2D eigenvalue weighted by atomic mass is 10.2. The second-order valence-corrected chi connectivity index (χ2v) is 4.91. The summed E-state index contributed by atoms with van der Waals surface area (Å²) >= 11 is 0. The van der Waals surface area contributed by atoms with Crippen molar-refractivity contribution in [3.05, 3.63) is 30.1 Å². The van der Waals surface area contributed by atoms with Gasteiger partial charge in [-0.15, -0.1) is 0 Å². The van der Waals surface area contributed by atoms with E-state index < -0.39 is 11.9 Å².